The number of H-pyrrole nitrogens is 1. The molecule has 0 spiro atoms. The van der Waals surface area contributed by atoms with Gasteiger partial charge in [-0.05, 0) is 26.2 Å². The highest BCUT2D eigenvalue weighted by Crippen LogP contribution is 2.36. The number of likely N-dealkylation sites (tertiary alicyclic amines) is 1. The summed E-state index contributed by atoms with van der Waals surface area (Å²) in [7, 11) is 1.40. The van der Waals surface area contributed by atoms with E-state index in [9.17, 15) is 23.9 Å². The topological polar surface area (TPSA) is 143 Å². The molecule has 1 aliphatic carbocycles. The van der Waals surface area contributed by atoms with Crippen molar-refractivity contribution in [3.05, 3.63) is 29.5 Å². The van der Waals surface area contributed by atoms with Gasteiger partial charge in [0.15, 0.2) is 18.7 Å². The fraction of sp³-hybridized carbons (Fsp3) is 0.500. The van der Waals surface area contributed by atoms with Gasteiger partial charge in [0.1, 0.15) is 29.5 Å². The van der Waals surface area contributed by atoms with Gasteiger partial charge in [-0.1, -0.05) is 0 Å². The maximum Gasteiger partial charge on any atom is 0.410 e. The normalized spacial score (nSPS) is 23.4. The van der Waals surface area contributed by atoms with Crippen molar-refractivity contribution in [3.63, 3.8) is 0 Å². The number of hydrogen-bond acceptors (Lipinski definition) is 8. The molecule has 4 rings (SSSR count). The Kier molecular flexibility index (Phi) is 7.61. The number of phenolic OH excluding ortho intramolecular Hbond substituents is 1. The number of carbonyl (C=O) groups is 3. The van der Waals surface area contributed by atoms with Gasteiger partial charge in [-0.25, -0.2) is 9.18 Å². The number of ether oxygens (including phenoxy) is 3. The molecule has 0 unspecified atom stereocenters. The van der Waals surface area contributed by atoms with E-state index in [0.717, 1.165) is 12.1 Å². The van der Waals surface area contributed by atoms with Crippen LogP contribution >= 0.6 is 0 Å². The smallest absolute Gasteiger partial charge is 0.410 e. The van der Waals surface area contributed by atoms with E-state index in [-0.39, 0.29) is 47.4 Å². The molecule has 1 saturated heterocycles. The van der Waals surface area contributed by atoms with Crippen LogP contribution in [0.4, 0.5) is 15.0 Å². The molecule has 2 aromatic rings. The van der Waals surface area contributed by atoms with Crippen molar-refractivity contribution in [2.45, 2.75) is 56.8 Å². The Hall–Kier alpha value is -3.83. The van der Waals surface area contributed by atoms with Crippen molar-refractivity contribution >= 4 is 24.1 Å². The molecule has 36 heavy (non-hydrogen) atoms. The van der Waals surface area contributed by atoms with Gasteiger partial charge in [-0.3, -0.25) is 14.7 Å². The Morgan fingerprint density at radius 1 is 1.31 bits per heavy atom. The number of amides is 2. The fourth-order valence-electron chi connectivity index (χ4n) is 4.63. The molecule has 2 aliphatic rings. The van der Waals surface area contributed by atoms with Crippen molar-refractivity contribution in [3.8, 4) is 17.2 Å². The van der Waals surface area contributed by atoms with Gasteiger partial charge in [0, 0.05) is 42.3 Å². The molecule has 3 N–H and O–H groups in total. The summed E-state index contributed by atoms with van der Waals surface area (Å²) in [5, 5.41) is 19.5. The average molecular weight is 505 g/mol. The Bertz CT molecular complexity index is 1120. The summed E-state index contributed by atoms with van der Waals surface area (Å²) < 4.78 is 29.6. The third-order valence-electron chi connectivity index (χ3n) is 6.52. The third-order valence-corrected chi connectivity index (χ3v) is 6.52. The highest BCUT2D eigenvalue weighted by atomic mass is 19.1. The molecule has 194 valence electrons. The zero-order valence-corrected chi connectivity index (χ0v) is 20.0. The molecule has 1 aromatic heterocycles. The number of anilines is 1. The van der Waals surface area contributed by atoms with Crippen LogP contribution in [-0.2, 0) is 9.53 Å². The highest BCUT2D eigenvalue weighted by Gasteiger charge is 2.36. The number of benzene rings is 1. The summed E-state index contributed by atoms with van der Waals surface area (Å²) in [6, 6.07) is 4.19. The predicted octanol–water partition coefficient (Wildman–Crippen LogP) is 3.16. The van der Waals surface area contributed by atoms with E-state index < -0.39 is 24.8 Å². The number of phenols is 1. The Labute approximate surface area is 206 Å². The van der Waals surface area contributed by atoms with E-state index in [2.05, 4.69) is 15.5 Å². The first-order chi connectivity index (χ1) is 17.3. The van der Waals surface area contributed by atoms with Crippen LogP contribution in [-0.4, -0.2) is 77.1 Å². The first kappa shape index (κ1) is 25.3. The van der Waals surface area contributed by atoms with Crippen LogP contribution in [0.3, 0.4) is 0 Å². The van der Waals surface area contributed by atoms with Crippen molar-refractivity contribution in [2.75, 3.05) is 25.6 Å². The Morgan fingerprint density at radius 3 is 2.81 bits per heavy atom. The molecule has 1 aromatic carbocycles. The van der Waals surface area contributed by atoms with E-state index in [1.807, 2.05) is 6.92 Å². The molecule has 0 bridgehead atoms. The number of carbonyl (C=O) groups excluding carboxylic acids is 3. The quantitative estimate of drug-likeness (QED) is 0.465. The minimum atomic E-state index is -1.01. The van der Waals surface area contributed by atoms with Gasteiger partial charge in [0.05, 0.1) is 19.2 Å². The number of nitrogens with one attached hydrogen (secondary N) is 2. The SMILES string of the molecule is COc1cc(O)c(C=O)c(OCC(=O)Nc2cc([C@H]3CC[C@@H](OC(=O)N4C[C@H](F)C[C@@H]4C)C3)[nH]n2)c1. The van der Waals surface area contributed by atoms with Crippen LogP contribution in [0, 0.1) is 0 Å². The number of nitrogens with zero attached hydrogens (tertiary/aromatic N) is 2. The second kappa shape index (κ2) is 10.8. The maximum atomic E-state index is 13.6. The van der Waals surface area contributed by atoms with E-state index in [4.69, 9.17) is 14.2 Å². The average Bonchev–Trinajstić information content (AvgIpc) is 3.57. The number of aromatic amines is 1. The number of halogens is 1. The maximum absolute atomic E-state index is 13.6. The zero-order valence-electron chi connectivity index (χ0n) is 20.0. The van der Waals surface area contributed by atoms with Crippen LogP contribution in [0.2, 0.25) is 0 Å². The molecule has 0 radical (unpaired) electrons. The fourth-order valence-corrected chi connectivity index (χ4v) is 4.63. The molecule has 2 heterocycles. The summed E-state index contributed by atoms with van der Waals surface area (Å²) in [6.07, 6.45) is 1.04. The zero-order chi connectivity index (χ0) is 25.8. The van der Waals surface area contributed by atoms with E-state index >= 15 is 0 Å². The lowest BCUT2D eigenvalue weighted by Gasteiger charge is -2.23. The Morgan fingerprint density at radius 2 is 2.11 bits per heavy atom. The van der Waals surface area contributed by atoms with Crippen molar-refractivity contribution < 1.29 is 38.1 Å². The van der Waals surface area contributed by atoms with Gasteiger partial charge in [0.2, 0.25) is 0 Å². The predicted molar refractivity (Wildman–Crippen MR) is 125 cm³/mol. The number of rotatable bonds is 8. The molecule has 12 heteroatoms. The standard InChI is InChI=1S/C24H29FN4O7/c1-13-5-15(25)10-29(13)24(33)36-16-4-3-14(6-16)19-9-22(28-27-19)26-23(32)12-35-21-8-17(34-2)7-20(31)18(21)11-30/h7-9,11,13-16,31H,3-6,10,12H2,1-2H3,(H2,26,27,28,32)/t13-,14-,15+,16+/m0/s1. The largest absolute Gasteiger partial charge is 0.507 e. The number of alkyl halides is 1. The number of methoxy groups -OCH3 is 1. The molecular formula is C24H29FN4O7. The van der Waals surface area contributed by atoms with E-state index in [1.165, 1.54) is 24.1 Å². The van der Waals surface area contributed by atoms with Crippen LogP contribution in [0.15, 0.2) is 18.2 Å². The van der Waals surface area contributed by atoms with Gasteiger partial charge in [0.25, 0.3) is 5.91 Å². The summed E-state index contributed by atoms with van der Waals surface area (Å²) in [5.41, 5.74) is 0.704. The summed E-state index contributed by atoms with van der Waals surface area (Å²) >= 11 is 0. The minimum absolute atomic E-state index is 0.0108. The lowest BCUT2D eigenvalue weighted by Crippen LogP contribution is -2.36. The van der Waals surface area contributed by atoms with Crippen LogP contribution < -0.4 is 14.8 Å². The summed E-state index contributed by atoms with van der Waals surface area (Å²) in [5.74, 6) is -0.195. The lowest BCUT2D eigenvalue weighted by atomic mass is 10.0. The number of aromatic hydroxyl groups is 1. The molecule has 2 amide bonds. The minimum Gasteiger partial charge on any atom is -0.507 e. The monoisotopic (exact) mass is 504 g/mol. The first-order valence-electron chi connectivity index (χ1n) is 11.7. The summed E-state index contributed by atoms with van der Waals surface area (Å²) in [6.45, 7) is 1.45. The third kappa shape index (κ3) is 5.69. The molecular weight excluding hydrogens is 475 g/mol. The van der Waals surface area contributed by atoms with Crippen LogP contribution in [0.5, 0.6) is 17.2 Å². The van der Waals surface area contributed by atoms with Crippen LogP contribution in [0.25, 0.3) is 0 Å². The number of aromatic nitrogens is 2. The highest BCUT2D eigenvalue weighted by molar-refractivity contribution is 5.91. The second-order valence-electron chi connectivity index (χ2n) is 9.07. The van der Waals surface area contributed by atoms with Crippen molar-refractivity contribution in [1.29, 1.82) is 0 Å². The molecule has 2 fully saturated rings. The van der Waals surface area contributed by atoms with Gasteiger partial charge in [-0.2, -0.15) is 5.10 Å². The van der Waals surface area contributed by atoms with Gasteiger partial charge < -0.3 is 29.5 Å². The number of hydrogen-bond donors (Lipinski definition) is 3. The van der Waals surface area contributed by atoms with E-state index in [1.54, 1.807) is 6.07 Å². The molecule has 11 nitrogen and oxygen atoms in total. The van der Waals surface area contributed by atoms with Gasteiger partial charge >= 0.3 is 6.09 Å². The number of aldehydes is 1. The lowest BCUT2D eigenvalue weighted by molar-refractivity contribution is -0.118. The van der Waals surface area contributed by atoms with Crippen molar-refractivity contribution in [1.82, 2.24) is 15.1 Å². The van der Waals surface area contributed by atoms with Gasteiger partial charge in [-0.15, -0.1) is 0 Å². The summed E-state index contributed by atoms with van der Waals surface area (Å²) in [4.78, 5) is 37.4. The van der Waals surface area contributed by atoms with Crippen molar-refractivity contribution in [2.24, 2.45) is 0 Å². The Balaban J connectivity index is 1.27. The molecule has 1 saturated carbocycles. The van der Waals surface area contributed by atoms with Crippen LogP contribution in [0.1, 0.15) is 54.6 Å². The molecule has 1 aliphatic heterocycles. The molecule has 4 atom stereocenters. The first-order valence-corrected chi connectivity index (χ1v) is 11.7. The second-order valence-corrected chi connectivity index (χ2v) is 9.07. The van der Waals surface area contributed by atoms with E-state index in [0.29, 0.717) is 31.4 Å².